The Morgan fingerprint density at radius 3 is 2.00 bits per heavy atom. The molecule has 0 amide bonds. The van der Waals surface area contributed by atoms with Gasteiger partial charge in [-0.25, -0.2) is 0 Å². The van der Waals surface area contributed by atoms with Gasteiger partial charge in [0.1, 0.15) is 0 Å². The quantitative estimate of drug-likeness (QED) is 0.704. The highest BCUT2D eigenvalue weighted by Crippen LogP contribution is 2.44. The Morgan fingerprint density at radius 1 is 1.00 bits per heavy atom. The highest BCUT2D eigenvalue weighted by atomic mass is 19.4. The molecule has 0 heterocycles. The Kier molecular flexibility index (Phi) is 2.79. The van der Waals surface area contributed by atoms with Crippen LogP contribution in [0.5, 0.6) is 0 Å². The van der Waals surface area contributed by atoms with Crippen LogP contribution in [0.15, 0.2) is 24.3 Å². The van der Waals surface area contributed by atoms with Crippen LogP contribution in [-0.2, 0) is 10.7 Å². The second-order valence-electron chi connectivity index (χ2n) is 2.72. The standard InChI is InChI=1S/C9H4F5O/c10-8(11,9(12,13)14)7-4-2-1-3-6(7)5-15/h1-4H. The van der Waals surface area contributed by atoms with E-state index in [1.165, 1.54) is 6.07 Å². The Hall–Kier alpha value is -1.46. The summed E-state index contributed by atoms with van der Waals surface area (Å²) in [6.07, 6.45) is -4.68. The van der Waals surface area contributed by atoms with E-state index in [0.717, 1.165) is 18.4 Å². The van der Waals surface area contributed by atoms with Gasteiger partial charge < -0.3 is 0 Å². The summed E-state index contributed by atoms with van der Waals surface area (Å²) in [5, 5.41) is 0. The topological polar surface area (TPSA) is 17.1 Å². The smallest absolute Gasteiger partial charge is 0.285 e. The molecule has 1 nitrogen and oxygen atoms in total. The van der Waals surface area contributed by atoms with E-state index in [4.69, 9.17) is 0 Å². The average molecular weight is 223 g/mol. The SMILES string of the molecule is O=[C]c1ccccc1C(F)(F)C(F)(F)F. The summed E-state index contributed by atoms with van der Waals surface area (Å²) in [6.45, 7) is 0. The summed E-state index contributed by atoms with van der Waals surface area (Å²) in [4.78, 5) is 10.2. The third-order valence-electron chi connectivity index (χ3n) is 1.73. The van der Waals surface area contributed by atoms with E-state index < -0.39 is 23.2 Å². The molecule has 0 aromatic heterocycles. The number of alkyl halides is 5. The lowest BCUT2D eigenvalue weighted by atomic mass is 10.0. The lowest BCUT2D eigenvalue weighted by molar-refractivity contribution is -0.289. The number of carbonyl (C=O) groups excluding carboxylic acids is 1. The van der Waals surface area contributed by atoms with E-state index in [-0.39, 0.29) is 0 Å². The predicted molar refractivity (Wildman–Crippen MR) is 41.2 cm³/mol. The monoisotopic (exact) mass is 223 g/mol. The molecule has 0 saturated heterocycles. The van der Waals surface area contributed by atoms with Crippen LogP contribution in [0.4, 0.5) is 22.0 Å². The van der Waals surface area contributed by atoms with Crippen molar-refractivity contribution in [3.05, 3.63) is 35.4 Å². The van der Waals surface area contributed by atoms with Crippen molar-refractivity contribution in [1.82, 2.24) is 0 Å². The maximum absolute atomic E-state index is 12.8. The number of hydrogen-bond donors (Lipinski definition) is 0. The van der Waals surface area contributed by atoms with Crippen molar-refractivity contribution < 1.29 is 26.7 Å². The largest absolute Gasteiger partial charge is 0.458 e. The fraction of sp³-hybridized carbons (Fsp3) is 0.222. The molecule has 0 atom stereocenters. The van der Waals surface area contributed by atoms with Crippen molar-refractivity contribution in [2.75, 3.05) is 0 Å². The maximum atomic E-state index is 12.8. The van der Waals surface area contributed by atoms with Gasteiger partial charge in [0.15, 0.2) is 0 Å². The summed E-state index contributed by atoms with van der Waals surface area (Å²) >= 11 is 0. The average Bonchev–Trinajstić information content (AvgIpc) is 2.16. The van der Waals surface area contributed by atoms with Crippen LogP contribution < -0.4 is 0 Å². The normalized spacial score (nSPS) is 12.6. The van der Waals surface area contributed by atoms with Gasteiger partial charge in [0.2, 0.25) is 6.29 Å². The Balaban J connectivity index is 3.32. The van der Waals surface area contributed by atoms with Crippen LogP contribution in [0.3, 0.4) is 0 Å². The molecule has 1 rings (SSSR count). The van der Waals surface area contributed by atoms with Gasteiger partial charge in [-0.05, 0) is 0 Å². The summed E-state index contributed by atoms with van der Waals surface area (Å²) < 4.78 is 61.5. The predicted octanol–water partition coefficient (Wildman–Crippen LogP) is 2.80. The molecule has 1 aromatic rings. The Morgan fingerprint density at radius 2 is 1.53 bits per heavy atom. The molecule has 0 saturated carbocycles. The second-order valence-corrected chi connectivity index (χ2v) is 2.72. The molecular weight excluding hydrogens is 219 g/mol. The summed E-state index contributed by atoms with van der Waals surface area (Å²) in [5.41, 5.74) is -2.17. The zero-order chi connectivity index (χ0) is 11.7. The van der Waals surface area contributed by atoms with Gasteiger partial charge in [-0.15, -0.1) is 0 Å². The number of benzene rings is 1. The molecule has 0 aliphatic carbocycles. The first-order valence-corrected chi connectivity index (χ1v) is 3.73. The van der Waals surface area contributed by atoms with Crippen LogP contribution in [0.25, 0.3) is 0 Å². The van der Waals surface area contributed by atoms with Gasteiger partial charge in [-0.2, -0.15) is 22.0 Å². The fourth-order valence-corrected chi connectivity index (χ4v) is 0.999. The molecule has 0 spiro atoms. The van der Waals surface area contributed by atoms with E-state index in [9.17, 15) is 26.7 Å². The first kappa shape index (κ1) is 11.6. The van der Waals surface area contributed by atoms with Crippen LogP contribution in [0.1, 0.15) is 11.1 Å². The van der Waals surface area contributed by atoms with Gasteiger partial charge >= 0.3 is 12.1 Å². The molecule has 15 heavy (non-hydrogen) atoms. The fourth-order valence-electron chi connectivity index (χ4n) is 0.999. The van der Waals surface area contributed by atoms with Crippen LogP contribution in [-0.4, -0.2) is 12.5 Å². The molecule has 1 aromatic carbocycles. The number of rotatable bonds is 2. The van der Waals surface area contributed by atoms with Gasteiger partial charge in [0.25, 0.3) is 0 Å². The Labute approximate surface area is 81.5 Å². The lowest BCUT2D eigenvalue weighted by Gasteiger charge is -2.20. The van der Waals surface area contributed by atoms with E-state index in [2.05, 4.69) is 0 Å². The van der Waals surface area contributed by atoms with Crippen LogP contribution in [0.2, 0.25) is 0 Å². The van der Waals surface area contributed by atoms with Crippen LogP contribution in [0, 0.1) is 0 Å². The maximum Gasteiger partial charge on any atom is 0.458 e. The zero-order valence-corrected chi connectivity index (χ0v) is 7.11. The minimum absolute atomic E-state index is 0.549. The summed E-state index contributed by atoms with van der Waals surface area (Å²) in [5.74, 6) is -5.04. The molecule has 0 aliphatic rings. The molecule has 0 aliphatic heterocycles. The van der Waals surface area contributed by atoms with Crippen LogP contribution >= 0.6 is 0 Å². The number of hydrogen-bond acceptors (Lipinski definition) is 1. The Bertz CT molecular complexity index is 369. The second kappa shape index (κ2) is 3.60. The van der Waals surface area contributed by atoms with Gasteiger partial charge in [0.05, 0.1) is 0 Å². The number of halogens is 5. The highest BCUT2D eigenvalue weighted by Gasteiger charge is 2.59. The first-order valence-electron chi connectivity index (χ1n) is 3.73. The van der Waals surface area contributed by atoms with E-state index in [1.54, 1.807) is 0 Å². The van der Waals surface area contributed by atoms with Crippen molar-refractivity contribution in [1.29, 1.82) is 0 Å². The first-order chi connectivity index (χ1) is 6.80. The minimum Gasteiger partial charge on any atom is -0.285 e. The molecule has 0 bridgehead atoms. The third-order valence-corrected chi connectivity index (χ3v) is 1.73. The van der Waals surface area contributed by atoms with Crippen molar-refractivity contribution in [3.63, 3.8) is 0 Å². The van der Waals surface area contributed by atoms with Crippen molar-refractivity contribution in [3.8, 4) is 0 Å². The van der Waals surface area contributed by atoms with E-state index in [0.29, 0.717) is 6.07 Å². The van der Waals surface area contributed by atoms with Crippen molar-refractivity contribution >= 4 is 6.29 Å². The molecule has 81 valence electrons. The lowest BCUT2D eigenvalue weighted by Crippen LogP contribution is -2.34. The molecular formula is C9H4F5O. The van der Waals surface area contributed by atoms with Crippen molar-refractivity contribution in [2.45, 2.75) is 12.1 Å². The minimum atomic E-state index is -5.72. The molecule has 0 unspecified atom stereocenters. The molecule has 6 heteroatoms. The van der Waals surface area contributed by atoms with E-state index in [1.807, 2.05) is 0 Å². The van der Waals surface area contributed by atoms with E-state index >= 15 is 0 Å². The summed E-state index contributed by atoms with van der Waals surface area (Å²) in [7, 11) is 0. The van der Waals surface area contributed by atoms with Gasteiger partial charge in [-0.3, -0.25) is 4.79 Å². The molecule has 0 fully saturated rings. The van der Waals surface area contributed by atoms with Gasteiger partial charge in [-0.1, -0.05) is 24.3 Å². The third kappa shape index (κ3) is 1.98. The highest BCUT2D eigenvalue weighted by molar-refractivity contribution is 5.78. The van der Waals surface area contributed by atoms with Crippen molar-refractivity contribution in [2.24, 2.45) is 0 Å². The van der Waals surface area contributed by atoms with Gasteiger partial charge in [0, 0.05) is 11.1 Å². The molecule has 0 N–H and O–H groups in total. The summed E-state index contributed by atoms with van der Waals surface area (Å²) in [6, 6.07) is 3.57. The molecule has 1 radical (unpaired) electrons. The zero-order valence-electron chi connectivity index (χ0n) is 7.11.